The van der Waals surface area contributed by atoms with Crippen LogP contribution in [0.4, 0.5) is 4.39 Å². The van der Waals surface area contributed by atoms with E-state index >= 15 is 0 Å². The van der Waals surface area contributed by atoms with Crippen LogP contribution in [0.5, 0.6) is 0 Å². The summed E-state index contributed by atoms with van der Waals surface area (Å²) >= 11 is 0. The van der Waals surface area contributed by atoms with Gasteiger partial charge in [0.1, 0.15) is 5.82 Å². The molecule has 92 valence electrons. The Morgan fingerprint density at radius 2 is 2.12 bits per heavy atom. The number of ether oxygens (including phenoxy) is 1. The summed E-state index contributed by atoms with van der Waals surface area (Å²) < 4.78 is 17.2. The first-order valence-electron chi connectivity index (χ1n) is 5.20. The predicted octanol–water partition coefficient (Wildman–Crippen LogP) is 1.40. The third kappa shape index (κ3) is 5.10. The Morgan fingerprint density at radius 1 is 1.35 bits per heavy atom. The molecule has 1 N–H and O–H groups in total. The number of benzene rings is 1. The minimum atomic E-state index is -0.425. The van der Waals surface area contributed by atoms with Crippen LogP contribution in [0.25, 0.3) is 0 Å². The molecule has 0 saturated carbocycles. The molecule has 0 atom stereocenters. The number of halogens is 1. The van der Waals surface area contributed by atoms with Crippen LogP contribution in [-0.2, 0) is 20.9 Å². The topological polar surface area (TPSA) is 55.4 Å². The van der Waals surface area contributed by atoms with E-state index in [4.69, 9.17) is 0 Å². The molecule has 0 radical (unpaired) electrons. The lowest BCUT2D eigenvalue weighted by Gasteiger charge is -2.04. The minimum Gasteiger partial charge on any atom is -0.469 e. The monoisotopic (exact) mass is 239 g/mol. The molecule has 1 rings (SSSR count). The fourth-order valence-corrected chi connectivity index (χ4v) is 1.25. The van der Waals surface area contributed by atoms with Crippen LogP contribution in [-0.4, -0.2) is 19.0 Å². The van der Waals surface area contributed by atoms with Gasteiger partial charge in [0, 0.05) is 13.0 Å². The number of carbonyl (C=O) groups excluding carboxylic acids is 2. The van der Waals surface area contributed by atoms with Crippen LogP contribution in [0, 0.1) is 5.82 Å². The molecule has 0 saturated heterocycles. The Hall–Kier alpha value is -1.91. The highest BCUT2D eigenvalue weighted by molar-refractivity contribution is 5.81. The van der Waals surface area contributed by atoms with Crippen LogP contribution in [0.3, 0.4) is 0 Å². The highest BCUT2D eigenvalue weighted by Gasteiger charge is 2.06. The Kier molecular flexibility index (Phi) is 5.13. The van der Waals surface area contributed by atoms with Crippen molar-refractivity contribution < 1.29 is 18.7 Å². The second-order valence-electron chi connectivity index (χ2n) is 3.48. The van der Waals surface area contributed by atoms with Crippen molar-refractivity contribution in [3.05, 3.63) is 35.6 Å². The zero-order valence-corrected chi connectivity index (χ0v) is 9.53. The van der Waals surface area contributed by atoms with E-state index in [1.54, 1.807) is 12.1 Å². The van der Waals surface area contributed by atoms with Crippen molar-refractivity contribution in [2.75, 3.05) is 7.11 Å². The van der Waals surface area contributed by atoms with Gasteiger partial charge in [-0.3, -0.25) is 9.59 Å². The third-order valence-electron chi connectivity index (χ3n) is 2.16. The lowest BCUT2D eigenvalue weighted by atomic mass is 10.2. The van der Waals surface area contributed by atoms with Gasteiger partial charge in [0.15, 0.2) is 0 Å². The SMILES string of the molecule is COC(=O)CCC(=O)NCc1cccc(F)c1. The largest absolute Gasteiger partial charge is 0.469 e. The van der Waals surface area contributed by atoms with Gasteiger partial charge in [-0.2, -0.15) is 0 Å². The molecule has 0 bridgehead atoms. The summed E-state index contributed by atoms with van der Waals surface area (Å²) in [5.41, 5.74) is 0.677. The molecule has 0 heterocycles. The van der Waals surface area contributed by atoms with Gasteiger partial charge in [-0.05, 0) is 17.7 Å². The molecule has 4 nitrogen and oxygen atoms in total. The molecule has 0 aliphatic rings. The number of hydrogen-bond acceptors (Lipinski definition) is 3. The van der Waals surface area contributed by atoms with Crippen molar-refractivity contribution in [2.45, 2.75) is 19.4 Å². The molecule has 0 aliphatic heterocycles. The van der Waals surface area contributed by atoms with Gasteiger partial charge in [-0.15, -0.1) is 0 Å². The van der Waals surface area contributed by atoms with Crippen molar-refractivity contribution in [3.8, 4) is 0 Å². The fraction of sp³-hybridized carbons (Fsp3) is 0.333. The van der Waals surface area contributed by atoms with Gasteiger partial charge in [0.2, 0.25) is 5.91 Å². The maximum atomic E-state index is 12.8. The number of amides is 1. The van der Waals surface area contributed by atoms with E-state index in [1.165, 1.54) is 19.2 Å². The summed E-state index contributed by atoms with van der Waals surface area (Å²) in [6.45, 7) is 0.248. The Morgan fingerprint density at radius 3 is 2.76 bits per heavy atom. The second-order valence-corrected chi connectivity index (χ2v) is 3.48. The molecule has 5 heteroatoms. The third-order valence-corrected chi connectivity index (χ3v) is 2.16. The van der Waals surface area contributed by atoms with Gasteiger partial charge in [0.25, 0.3) is 0 Å². The van der Waals surface area contributed by atoms with Crippen molar-refractivity contribution in [1.29, 1.82) is 0 Å². The Balaban J connectivity index is 2.31. The van der Waals surface area contributed by atoms with Gasteiger partial charge in [-0.1, -0.05) is 12.1 Å². The summed E-state index contributed by atoms with van der Waals surface area (Å²) in [6.07, 6.45) is 0.119. The summed E-state index contributed by atoms with van der Waals surface area (Å²) in [7, 11) is 1.27. The maximum absolute atomic E-state index is 12.8. The first-order chi connectivity index (χ1) is 8.11. The molecular formula is C12H14FNO3. The van der Waals surface area contributed by atoms with E-state index in [1.807, 2.05) is 0 Å². The van der Waals surface area contributed by atoms with Gasteiger partial charge >= 0.3 is 5.97 Å². The molecule has 0 aromatic heterocycles. The molecular weight excluding hydrogens is 225 g/mol. The number of methoxy groups -OCH3 is 1. The number of esters is 1. The van der Waals surface area contributed by atoms with Crippen LogP contribution >= 0.6 is 0 Å². The average molecular weight is 239 g/mol. The molecule has 1 aromatic carbocycles. The van der Waals surface area contributed by atoms with Crippen molar-refractivity contribution in [1.82, 2.24) is 5.32 Å². The van der Waals surface area contributed by atoms with Gasteiger partial charge < -0.3 is 10.1 Å². The lowest BCUT2D eigenvalue weighted by molar-refractivity contribution is -0.142. The molecule has 1 amide bonds. The lowest BCUT2D eigenvalue weighted by Crippen LogP contribution is -2.23. The van der Waals surface area contributed by atoms with E-state index in [0.717, 1.165) is 0 Å². The van der Waals surface area contributed by atoms with Crippen LogP contribution < -0.4 is 5.32 Å². The number of hydrogen-bond donors (Lipinski definition) is 1. The van der Waals surface area contributed by atoms with E-state index in [2.05, 4.69) is 10.1 Å². The van der Waals surface area contributed by atoms with Gasteiger partial charge in [0.05, 0.1) is 13.5 Å². The van der Waals surface area contributed by atoms with Crippen LogP contribution in [0.1, 0.15) is 18.4 Å². The number of nitrogens with one attached hydrogen (secondary N) is 1. The van der Waals surface area contributed by atoms with E-state index in [9.17, 15) is 14.0 Å². The van der Waals surface area contributed by atoms with Crippen molar-refractivity contribution >= 4 is 11.9 Å². The van der Waals surface area contributed by atoms with E-state index in [0.29, 0.717) is 5.56 Å². The van der Waals surface area contributed by atoms with Crippen molar-refractivity contribution in [2.24, 2.45) is 0 Å². The number of carbonyl (C=O) groups is 2. The fourth-order valence-electron chi connectivity index (χ4n) is 1.25. The highest BCUT2D eigenvalue weighted by Crippen LogP contribution is 2.03. The molecule has 0 unspecified atom stereocenters. The van der Waals surface area contributed by atoms with E-state index < -0.39 is 5.97 Å². The highest BCUT2D eigenvalue weighted by atomic mass is 19.1. The van der Waals surface area contributed by atoms with Crippen LogP contribution in [0.2, 0.25) is 0 Å². The Bertz CT molecular complexity index is 406. The maximum Gasteiger partial charge on any atom is 0.306 e. The van der Waals surface area contributed by atoms with Crippen LogP contribution in [0.15, 0.2) is 24.3 Å². The second kappa shape index (κ2) is 6.62. The normalized spacial score (nSPS) is 9.76. The zero-order chi connectivity index (χ0) is 12.7. The predicted molar refractivity (Wildman–Crippen MR) is 59.5 cm³/mol. The minimum absolute atomic E-state index is 0.0471. The quantitative estimate of drug-likeness (QED) is 0.790. The summed E-state index contributed by atoms with van der Waals surface area (Å²) in [4.78, 5) is 22.1. The summed E-state index contributed by atoms with van der Waals surface area (Å²) in [6, 6.07) is 5.97. The van der Waals surface area contributed by atoms with E-state index in [-0.39, 0.29) is 31.1 Å². The Labute approximate surface area is 98.8 Å². The smallest absolute Gasteiger partial charge is 0.306 e. The molecule has 1 aromatic rings. The first-order valence-corrected chi connectivity index (χ1v) is 5.20. The summed E-state index contributed by atoms with van der Waals surface area (Å²) in [5, 5.41) is 2.59. The standard InChI is InChI=1S/C12H14FNO3/c1-17-12(16)6-5-11(15)14-8-9-3-2-4-10(13)7-9/h2-4,7H,5-6,8H2,1H3,(H,14,15). The first kappa shape index (κ1) is 13.2. The van der Waals surface area contributed by atoms with Gasteiger partial charge in [-0.25, -0.2) is 4.39 Å². The molecule has 0 aliphatic carbocycles. The molecule has 0 spiro atoms. The molecule has 0 fully saturated rings. The molecule has 17 heavy (non-hydrogen) atoms. The summed E-state index contributed by atoms with van der Waals surface area (Å²) in [5.74, 6) is -1.03. The van der Waals surface area contributed by atoms with Crippen molar-refractivity contribution in [3.63, 3.8) is 0 Å². The number of rotatable bonds is 5. The zero-order valence-electron chi connectivity index (χ0n) is 9.53. The average Bonchev–Trinajstić information content (AvgIpc) is 2.33.